The van der Waals surface area contributed by atoms with Gasteiger partial charge in [0.2, 0.25) is 0 Å². The number of nitrogens with zero attached hydrogens (tertiary/aromatic N) is 1. The molecule has 4 nitrogen and oxygen atoms in total. The van der Waals surface area contributed by atoms with Crippen molar-refractivity contribution in [1.82, 2.24) is 4.90 Å². The summed E-state index contributed by atoms with van der Waals surface area (Å²) in [5.74, 6) is 1.65. The van der Waals surface area contributed by atoms with Gasteiger partial charge in [-0.1, -0.05) is 19.9 Å². The van der Waals surface area contributed by atoms with Crippen molar-refractivity contribution in [2.45, 2.75) is 33.2 Å². The van der Waals surface area contributed by atoms with E-state index in [2.05, 4.69) is 30.9 Å². The standard InChI is InChI=1S/C17H28N2O2/c1-4-9-21-15-6-5-14(10-16(15)20-3)11-19-8-7-17(2,12-18)13-19/h5-6,10H,4,7-9,11-13,18H2,1-3H3. The van der Waals surface area contributed by atoms with E-state index < -0.39 is 0 Å². The zero-order valence-electron chi connectivity index (χ0n) is 13.5. The van der Waals surface area contributed by atoms with E-state index in [1.807, 2.05) is 6.07 Å². The highest BCUT2D eigenvalue weighted by Gasteiger charge is 2.32. The molecule has 4 heteroatoms. The lowest BCUT2D eigenvalue weighted by Gasteiger charge is -2.23. The smallest absolute Gasteiger partial charge is 0.161 e. The minimum absolute atomic E-state index is 0.272. The summed E-state index contributed by atoms with van der Waals surface area (Å²) in [7, 11) is 1.69. The average molecular weight is 292 g/mol. The van der Waals surface area contributed by atoms with Gasteiger partial charge in [-0.2, -0.15) is 0 Å². The summed E-state index contributed by atoms with van der Waals surface area (Å²) >= 11 is 0. The third kappa shape index (κ3) is 4.11. The molecule has 0 radical (unpaired) electrons. The maximum absolute atomic E-state index is 5.87. The van der Waals surface area contributed by atoms with Crippen LogP contribution < -0.4 is 15.2 Å². The fourth-order valence-corrected chi connectivity index (χ4v) is 2.83. The Balaban J connectivity index is 2.01. The zero-order valence-corrected chi connectivity index (χ0v) is 13.5. The van der Waals surface area contributed by atoms with Gasteiger partial charge in [-0.05, 0) is 49.0 Å². The number of benzene rings is 1. The first-order chi connectivity index (χ1) is 10.1. The van der Waals surface area contributed by atoms with Crippen molar-refractivity contribution in [1.29, 1.82) is 0 Å². The van der Waals surface area contributed by atoms with Crippen molar-refractivity contribution in [2.24, 2.45) is 11.1 Å². The molecule has 0 spiro atoms. The number of likely N-dealkylation sites (tertiary alicyclic amines) is 1. The first kappa shape index (κ1) is 16.1. The quantitative estimate of drug-likeness (QED) is 0.839. The summed E-state index contributed by atoms with van der Waals surface area (Å²) in [5, 5.41) is 0. The molecular weight excluding hydrogens is 264 g/mol. The second kappa shape index (κ2) is 7.14. The van der Waals surface area contributed by atoms with Crippen molar-refractivity contribution in [2.75, 3.05) is 33.4 Å². The largest absolute Gasteiger partial charge is 0.493 e. The van der Waals surface area contributed by atoms with E-state index in [1.165, 1.54) is 12.0 Å². The minimum Gasteiger partial charge on any atom is -0.493 e. The average Bonchev–Trinajstić information content (AvgIpc) is 2.87. The molecular formula is C17H28N2O2. The fraction of sp³-hybridized carbons (Fsp3) is 0.647. The molecule has 1 aromatic rings. The predicted molar refractivity (Wildman–Crippen MR) is 85.8 cm³/mol. The number of methoxy groups -OCH3 is 1. The van der Waals surface area contributed by atoms with E-state index in [-0.39, 0.29) is 5.41 Å². The molecule has 1 fully saturated rings. The molecule has 2 rings (SSSR count). The molecule has 2 N–H and O–H groups in total. The summed E-state index contributed by atoms with van der Waals surface area (Å²) in [6.07, 6.45) is 2.18. The number of hydrogen-bond acceptors (Lipinski definition) is 4. The Morgan fingerprint density at radius 2 is 2.14 bits per heavy atom. The van der Waals surface area contributed by atoms with Crippen molar-refractivity contribution >= 4 is 0 Å². The van der Waals surface area contributed by atoms with E-state index in [0.29, 0.717) is 0 Å². The Bertz CT molecular complexity index is 464. The van der Waals surface area contributed by atoms with Crippen molar-refractivity contribution in [3.05, 3.63) is 23.8 Å². The SMILES string of the molecule is CCCOc1ccc(CN2CCC(C)(CN)C2)cc1OC. The summed E-state index contributed by atoms with van der Waals surface area (Å²) in [6, 6.07) is 6.23. The third-order valence-corrected chi connectivity index (χ3v) is 4.23. The van der Waals surface area contributed by atoms with E-state index in [9.17, 15) is 0 Å². The summed E-state index contributed by atoms with van der Waals surface area (Å²) in [5.41, 5.74) is 7.41. The van der Waals surface area contributed by atoms with Crippen LogP contribution in [0.3, 0.4) is 0 Å². The molecule has 1 aliphatic heterocycles. The van der Waals surface area contributed by atoms with Gasteiger partial charge in [-0.3, -0.25) is 4.90 Å². The first-order valence-corrected chi connectivity index (χ1v) is 7.82. The molecule has 21 heavy (non-hydrogen) atoms. The van der Waals surface area contributed by atoms with Gasteiger partial charge in [0.1, 0.15) is 0 Å². The molecule has 118 valence electrons. The normalized spacial score (nSPS) is 22.5. The highest BCUT2D eigenvalue weighted by atomic mass is 16.5. The molecule has 0 aliphatic carbocycles. The van der Waals surface area contributed by atoms with Crippen LogP contribution in [0.25, 0.3) is 0 Å². The molecule has 1 atom stereocenters. The highest BCUT2D eigenvalue weighted by Crippen LogP contribution is 2.32. The van der Waals surface area contributed by atoms with Gasteiger partial charge in [0.15, 0.2) is 11.5 Å². The number of ether oxygens (including phenoxy) is 2. The van der Waals surface area contributed by atoms with E-state index in [0.717, 1.165) is 50.7 Å². The van der Waals surface area contributed by atoms with E-state index in [1.54, 1.807) is 7.11 Å². The minimum atomic E-state index is 0.272. The van der Waals surface area contributed by atoms with Gasteiger partial charge in [0.25, 0.3) is 0 Å². The second-order valence-corrected chi connectivity index (χ2v) is 6.31. The lowest BCUT2D eigenvalue weighted by molar-refractivity contribution is 0.272. The first-order valence-electron chi connectivity index (χ1n) is 7.82. The number of rotatable bonds is 7. The molecule has 0 saturated carbocycles. The van der Waals surface area contributed by atoms with Gasteiger partial charge in [-0.15, -0.1) is 0 Å². The van der Waals surface area contributed by atoms with Crippen molar-refractivity contribution < 1.29 is 9.47 Å². The van der Waals surface area contributed by atoms with Crippen LogP contribution in [0.1, 0.15) is 32.3 Å². The van der Waals surface area contributed by atoms with Crippen LogP contribution in [0.5, 0.6) is 11.5 Å². The predicted octanol–water partition coefficient (Wildman–Crippen LogP) is 2.65. The Kier molecular flexibility index (Phi) is 5.48. The summed E-state index contributed by atoms with van der Waals surface area (Å²) in [4.78, 5) is 2.47. The molecule has 1 saturated heterocycles. The molecule has 0 aromatic heterocycles. The summed E-state index contributed by atoms with van der Waals surface area (Å²) < 4.78 is 11.1. The molecule has 1 heterocycles. The maximum Gasteiger partial charge on any atom is 0.161 e. The van der Waals surface area contributed by atoms with Crippen molar-refractivity contribution in [3.63, 3.8) is 0 Å². The topological polar surface area (TPSA) is 47.7 Å². The lowest BCUT2D eigenvalue weighted by atomic mass is 9.90. The van der Waals surface area contributed by atoms with Gasteiger partial charge in [0, 0.05) is 13.1 Å². The van der Waals surface area contributed by atoms with Crippen LogP contribution in [0.2, 0.25) is 0 Å². The van der Waals surface area contributed by atoms with Crippen LogP contribution in [0.15, 0.2) is 18.2 Å². The number of nitrogens with two attached hydrogens (primary N) is 1. The lowest BCUT2D eigenvalue weighted by Crippen LogP contribution is -2.31. The van der Waals surface area contributed by atoms with Gasteiger partial charge in [-0.25, -0.2) is 0 Å². The van der Waals surface area contributed by atoms with Crippen LogP contribution in [-0.4, -0.2) is 38.3 Å². The molecule has 1 aromatic carbocycles. The summed E-state index contributed by atoms with van der Waals surface area (Å²) in [6.45, 7) is 8.98. The molecule has 1 unspecified atom stereocenters. The fourth-order valence-electron chi connectivity index (χ4n) is 2.83. The van der Waals surface area contributed by atoms with Crippen LogP contribution in [0.4, 0.5) is 0 Å². The third-order valence-electron chi connectivity index (χ3n) is 4.23. The monoisotopic (exact) mass is 292 g/mol. The van der Waals surface area contributed by atoms with Crippen LogP contribution in [-0.2, 0) is 6.54 Å². The van der Waals surface area contributed by atoms with Crippen LogP contribution in [0, 0.1) is 5.41 Å². The number of hydrogen-bond donors (Lipinski definition) is 1. The van der Waals surface area contributed by atoms with Gasteiger partial charge >= 0.3 is 0 Å². The Hall–Kier alpha value is -1.26. The molecule has 1 aliphatic rings. The van der Waals surface area contributed by atoms with Gasteiger partial charge in [0.05, 0.1) is 13.7 Å². The zero-order chi connectivity index (χ0) is 15.3. The van der Waals surface area contributed by atoms with Crippen molar-refractivity contribution in [3.8, 4) is 11.5 Å². The Labute approximate surface area is 128 Å². The highest BCUT2D eigenvalue weighted by molar-refractivity contribution is 5.43. The van der Waals surface area contributed by atoms with E-state index in [4.69, 9.17) is 15.2 Å². The van der Waals surface area contributed by atoms with E-state index >= 15 is 0 Å². The van der Waals surface area contributed by atoms with Gasteiger partial charge < -0.3 is 15.2 Å². The molecule has 0 amide bonds. The molecule has 0 bridgehead atoms. The maximum atomic E-state index is 5.87. The Morgan fingerprint density at radius 3 is 2.76 bits per heavy atom. The van der Waals surface area contributed by atoms with Crippen LogP contribution >= 0.6 is 0 Å². The Morgan fingerprint density at radius 1 is 1.33 bits per heavy atom. The second-order valence-electron chi connectivity index (χ2n) is 6.31.